The minimum absolute atomic E-state index is 0.168. The predicted octanol–water partition coefficient (Wildman–Crippen LogP) is 4.65. The van der Waals surface area contributed by atoms with Gasteiger partial charge >= 0.3 is 0 Å². The molecule has 0 aliphatic carbocycles. The third-order valence-electron chi connectivity index (χ3n) is 4.65. The zero-order valence-corrected chi connectivity index (χ0v) is 15.8. The van der Waals surface area contributed by atoms with Crippen LogP contribution in [0.25, 0.3) is 0 Å². The summed E-state index contributed by atoms with van der Waals surface area (Å²) in [6.45, 7) is 0. The lowest BCUT2D eigenvalue weighted by Crippen LogP contribution is -2.31. The van der Waals surface area contributed by atoms with Crippen LogP contribution in [0.3, 0.4) is 0 Å². The Labute approximate surface area is 168 Å². The van der Waals surface area contributed by atoms with Gasteiger partial charge in [-0.05, 0) is 42.5 Å². The standard InChI is InChI=1S/C22H19N3O2S/c26-20-12-6-4-10-16(20)18-14-19(17-11-5-7-13-21(17)27)25(24-18)22(28)23-15-8-2-1-3-9-15/h1-13,19,26-27H,14H2,(H,23,28)/t19-/m0/s1. The van der Waals surface area contributed by atoms with Crippen molar-refractivity contribution in [1.29, 1.82) is 0 Å². The highest BCUT2D eigenvalue weighted by Gasteiger charge is 2.33. The molecule has 3 aromatic rings. The molecule has 28 heavy (non-hydrogen) atoms. The summed E-state index contributed by atoms with van der Waals surface area (Å²) in [5.74, 6) is 0.356. The second-order valence-electron chi connectivity index (χ2n) is 6.48. The van der Waals surface area contributed by atoms with Crippen molar-refractivity contribution in [3.8, 4) is 11.5 Å². The van der Waals surface area contributed by atoms with E-state index in [4.69, 9.17) is 12.2 Å². The summed E-state index contributed by atoms with van der Waals surface area (Å²) in [6.07, 6.45) is 0.506. The fourth-order valence-electron chi connectivity index (χ4n) is 3.29. The van der Waals surface area contributed by atoms with Crippen molar-refractivity contribution in [2.45, 2.75) is 12.5 Å². The van der Waals surface area contributed by atoms with E-state index in [1.165, 1.54) is 0 Å². The van der Waals surface area contributed by atoms with E-state index >= 15 is 0 Å². The number of benzene rings is 3. The summed E-state index contributed by atoms with van der Waals surface area (Å²) in [7, 11) is 0. The number of hydrogen-bond donors (Lipinski definition) is 3. The lowest BCUT2D eigenvalue weighted by atomic mass is 9.97. The average Bonchev–Trinajstić information content (AvgIpc) is 3.14. The lowest BCUT2D eigenvalue weighted by molar-refractivity contribution is 0.359. The molecule has 1 heterocycles. The number of anilines is 1. The second-order valence-corrected chi connectivity index (χ2v) is 6.87. The van der Waals surface area contributed by atoms with Crippen LogP contribution < -0.4 is 5.32 Å². The minimum atomic E-state index is -0.278. The molecule has 0 unspecified atom stereocenters. The van der Waals surface area contributed by atoms with Crippen molar-refractivity contribution in [1.82, 2.24) is 5.01 Å². The number of para-hydroxylation sites is 3. The Balaban J connectivity index is 1.70. The highest BCUT2D eigenvalue weighted by molar-refractivity contribution is 7.80. The molecule has 1 atom stereocenters. The molecule has 0 amide bonds. The van der Waals surface area contributed by atoms with Crippen LogP contribution >= 0.6 is 12.2 Å². The van der Waals surface area contributed by atoms with E-state index in [1.54, 1.807) is 29.3 Å². The van der Waals surface area contributed by atoms with E-state index < -0.39 is 0 Å². The molecule has 1 aliphatic heterocycles. The maximum absolute atomic E-state index is 10.4. The quantitative estimate of drug-likeness (QED) is 0.569. The Bertz CT molecular complexity index is 1040. The number of phenols is 2. The van der Waals surface area contributed by atoms with Gasteiger partial charge in [0.25, 0.3) is 0 Å². The molecule has 0 saturated heterocycles. The van der Waals surface area contributed by atoms with E-state index in [-0.39, 0.29) is 17.5 Å². The Hall–Kier alpha value is -3.38. The third kappa shape index (κ3) is 3.54. The molecule has 0 radical (unpaired) electrons. The molecule has 6 heteroatoms. The molecule has 140 valence electrons. The van der Waals surface area contributed by atoms with Gasteiger partial charge in [-0.2, -0.15) is 5.10 Å². The Morgan fingerprint density at radius 3 is 2.25 bits per heavy atom. The first-order valence-electron chi connectivity index (χ1n) is 8.92. The fraction of sp³-hybridized carbons (Fsp3) is 0.0909. The molecule has 4 rings (SSSR count). The highest BCUT2D eigenvalue weighted by atomic mass is 32.1. The van der Waals surface area contributed by atoms with Gasteiger partial charge in [-0.1, -0.05) is 48.5 Å². The Morgan fingerprint density at radius 1 is 0.893 bits per heavy atom. The number of nitrogens with zero attached hydrogens (tertiary/aromatic N) is 2. The summed E-state index contributed by atoms with van der Waals surface area (Å²) in [5.41, 5.74) is 2.96. The Kier molecular flexibility index (Phi) is 4.95. The SMILES string of the molecule is Oc1ccccc1C1=NN(C(=S)Nc2ccccc2)[C@H](c2ccccc2O)C1. The molecule has 3 aromatic carbocycles. The molecule has 1 aliphatic rings. The van der Waals surface area contributed by atoms with Crippen LogP contribution in [0.5, 0.6) is 11.5 Å². The topological polar surface area (TPSA) is 68.1 Å². The molecular weight excluding hydrogens is 370 g/mol. The van der Waals surface area contributed by atoms with Crippen LogP contribution in [-0.2, 0) is 0 Å². The van der Waals surface area contributed by atoms with Crippen molar-refractivity contribution >= 4 is 28.7 Å². The number of thiocarbonyl (C=S) groups is 1. The number of rotatable bonds is 3. The molecule has 0 bridgehead atoms. The summed E-state index contributed by atoms with van der Waals surface area (Å²) in [6, 6.07) is 23.6. The van der Waals surface area contributed by atoms with Crippen LogP contribution in [-0.4, -0.2) is 26.0 Å². The van der Waals surface area contributed by atoms with E-state index in [0.29, 0.717) is 22.8 Å². The average molecular weight is 389 g/mol. The summed E-state index contributed by atoms with van der Waals surface area (Å²) < 4.78 is 0. The van der Waals surface area contributed by atoms with Crippen molar-refractivity contribution in [2.24, 2.45) is 5.10 Å². The van der Waals surface area contributed by atoms with Crippen LogP contribution in [0.4, 0.5) is 5.69 Å². The van der Waals surface area contributed by atoms with Gasteiger partial charge in [-0.3, -0.25) is 0 Å². The van der Waals surface area contributed by atoms with Crippen molar-refractivity contribution < 1.29 is 10.2 Å². The highest BCUT2D eigenvalue weighted by Crippen LogP contribution is 2.38. The first-order chi connectivity index (χ1) is 13.6. The smallest absolute Gasteiger partial charge is 0.194 e. The molecular formula is C22H19N3O2S. The normalized spacial score (nSPS) is 15.9. The van der Waals surface area contributed by atoms with Crippen LogP contribution in [0.2, 0.25) is 0 Å². The van der Waals surface area contributed by atoms with Crippen molar-refractivity contribution in [3.05, 3.63) is 90.0 Å². The second kappa shape index (κ2) is 7.70. The number of phenolic OH excluding ortho intramolecular Hbond substituents is 2. The zero-order chi connectivity index (χ0) is 19.5. The van der Waals surface area contributed by atoms with Gasteiger partial charge in [0.2, 0.25) is 0 Å². The van der Waals surface area contributed by atoms with Gasteiger partial charge in [0.1, 0.15) is 11.5 Å². The molecule has 3 N–H and O–H groups in total. The molecule has 0 aromatic heterocycles. The van der Waals surface area contributed by atoms with E-state index in [9.17, 15) is 10.2 Å². The Morgan fingerprint density at radius 2 is 1.54 bits per heavy atom. The molecule has 0 saturated carbocycles. The number of nitrogens with one attached hydrogen (secondary N) is 1. The largest absolute Gasteiger partial charge is 0.508 e. The van der Waals surface area contributed by atoms with Gasteiger partial charge < -0.3 is 15.5 Å². The van der Waals surface area contributed by atoms with Gasteiger partial charge in [0.05, 0.1) is 11.8 Å². The maximum Gasteiger partial charge on any atom is 0.194 e. The van der Waals surface area contributed by atoms with E-state index in [1.807, 2.05) is 54.6 Å². The van der Waals surface area contributed by atoms with Crippen LogP contribution in [0, 0.1) is 0 Å². The molecule has 0 spiro atoms. The van der Waals surface area contributed by atoms with Gasteiger partial charge in [-0.15, -0.1) is 0 Å². The van der Waals surface area contributed by atoms with Gasteiger partial charge in [0.15, 0.2) is 5.11 Å². The van der Waals surface area contributed by atoms with Gasteiger partial charge in [-0.25, -0.2) is 5.01 Å². The lowest BCUT2D eigenvalue weighted by Gasteiger charge is -2.25. The molecule has 5 nitrogen and oxygen atoms in total. The summed E-state index contributed by atoms with van der Waals surface area (Å²) >= 11 is 5.62. The minimum Gasteiger partial charge on any atom is -0.508 e. The summed E-state index contributed by atoms with van der Waals surface area (Å²) in [5, 5.41) is 30.6. The number of aromatic hydroxyl groups is 2. The first kappa shape index (κ1) is 18.0. The monoisotopic (exact) mass is 389 g/mol. The zero-order valence-electron chi connectivity index (χ0n) is 15.0. The molecule has 0 fully saturated rings. The van der Waals surface area contributed by atoms with Crippen LogP contribution in [0.15, 0.2) is 84.0 Å². The maximum atomic E-state index is 10.4. The first-order valence-corrected chi connectivity index (χ1v) is 9.33. The fourth-order valence-corrected chi connectivity index (χ4v) is 3.58. The summed E-state index contributed by atoms with van der Waals surface area (Å²) in [4.78, 5) is 0. The van der Waals surface area contributed by atoms with Gasteiger partial charge in [0, 0.05) is 23.2 Å². The third-order valence-corrected chi connectivity index (χ3v) is 4.94. The van der Waals surface area contributed by atoms with Crippen molar-refractivity contribution in [2.75, 3.05) is 5.32 Å². The van der Waals surface area contributed by atoms with Crippen molar-refractivity contribution in [3.63, 3.8) is 0 Å². The van der Waals surface area contributed by atoms with E-state index in [0.717, 1.165) is 11.3 Å². The number of hydrogen-bond acceptors (Lipinski definition) is 4. The van der Waals surface area contributed by atoms with E-state index in [2.05, 4.69) is 10.4 Å². The van der Waals surface area contributed by atoms with Crippen LogP contribution in [0.1, 0.15) is 23.6 Å². The predicted molar refractivity (Wildman–Crippen MR) is 115 cm³/mol. The number of hydrazone groups is 1.